The fourth-order valence-electron chi connectivity index (χ4n) is 1.65. The molecule has 1 rings (SSSR count). The van der Waals surface area contributed by atoms with Gasteiger partial charge in [-0.3, -0.25) is 9.63 Å². The van der Waals surface area contributed by atoms with E-state index >= 15 is 0 Å². The first-order valence-electron chi connectivity index (χ1n) is 5.51. The van der Waals surface area contributed by atoms with Crippen LogP contribution in [0.25, 0.3) is 0 Å². The van der Waals surface area contributed by atoms with E-state index < -0.39 is 11.2 Å². The third-order valence-electron chi connectivity index (χ3n) is 2.97. The van der Waals surface area contributed by atoms with Gasteiger partial charge in [0.1, 0.15) is 0 Å². The Labute approximate surface area is 106 Å². The summed E-state index contributed by atoms with van der Waals surface area (Å²) in [6.45, 7) is 3.50. The average molecular weight is 255 g/mol. The molecule has 0 fully saturated rings. The highest BCUT2D eigenvalue weighted by molar-refractivity contribution is 5.86. The number of carbonyl (C=O) groups excluding carboxylic acids is 1. The lowest BCUT2D eigenvalue weighted by molar-refractivity contribution is -0.174. The molecule has 0 aliphatic heterocycles. The van der Waals surface area contributed by atoms with Crippen LogP contribution < -0.4 is 4.74 Å². The molecule has 0 N–H and O–H groups in total. The van der Waals surface area contributed by atoms with Gasteiger partial charge in [0.15, 0.2) is 11.6 Å². The van der Waals surface area contributed by atoms with Crippen LogP contribution in [0.3, 0.4) is 0 Å². The third-order valence-corrected chi connectivity index (χ3v) is 2.97. The van der Waals surface area contributed by atoms with Gasteiger partial charge in [0, 0.05) is 7.05 Å². The van der Waals surface area contributed by atoms with Gasteiger partial charge in [0.2, 0.25) is 0 Å². The summed E-state index contributed by atoms with van der Waals surface area (Å²) in [5, 5.41) is 1.15. The van der Waals surface area contributed by atoms with Crippen molar-refractivity contribution in [2.24, 2.45) is 0 Å². The summed E-state index contributed by atoms with van der Waals surface area (Å²) in [7, 11) is 4.34. The summed E-state index contributed by atoms with van der Waals surface area (Å²) >= 11 is 0. The molecule has 0 aliphatic rings. The van der Waals surface area contributed by atoms with Crippen molar-refractivity contribution < 1.29 is 18.8 Å². The number of hydroxylamine groups is 2. The van der Waals surface area contributed by atoms with Crippen LogP contribution in [0.4, 0.5) is 4.39 Å². The molecule has 0 unspecified atom stereocenters. The summed E-state index contributed by atoms with van der Waals surface area (Å²) in [5.74, 6) is -0.559. The van der Waals surface area contributed by atoms with Gasteiger partial charge < -0.3 is 4.74 Å². The zero-order chi connectivity index (χ0) is 13.9. The zero-order valence-corrected chi connectivity index (χ0v) is 11.3. The van der Waals surface area contributed by atoms with Gasteiger partial charge in [-0.25, -0.2) is 9.45 Å². The van der Waals surface area contributed by atoms with Crippen molar-refractivity contribution in [3.8, 4) is 5.75 Å². The van der Waals surface area contributed by atoms with Crippen molar-refractivity contribution in [3.05, 3.63) is 29.6 Å². The Morgan fingerprint density at radius 2 is 1.94 bits per heavy atom. The second-order valence-electron chi connectivity index (χ2n) is 4.46. The van der Waals surface area contributed by atoms with Gasteiger partial charge >= 0.3 is 0 Å². The lowest BCUT2D eigenvalue weighted by Crippen LogP contribution is -2.40. The van der Waals surface area contributed by atoms with Gasteiger partial charge in [0.25, 0.3) is 5.91 Å². The molecule has 18 heavy (non-hydrogen) atoms. The van der Waals surface area contributed by atoms with Gasteiger partial charge in [0.05, 0.1) is 19.6 Å². The van der Waals surface area contributed by atoms with Crippen molar-refractivity contribution in [2.75, 3.05) is 21.3 Å². The largest absolute Gasteiger partial charge is 0.494 e. The molecule has 0 heterocycles. The van der Waals surface area contributed by atoms with E-state index in [0.717, 1.165) is 5.06 Å². The maximum Gasteiger partial charge on any atom is 0.255 e. The summed E-state index contributed by atoms with van der Waals surface area (Å²) in [6.07, 6.45) is 0. The van der Waals surface area contributed by atoms with E-state index in [4.69, 9.17) is 9.57 Å². The number of carbonyl (C=O) groups is 1. The highest BCUT2D eigenvalue weighted by atomic mass is 19.1. The standard InChI is InChI=1S/C13H18FNO3/c1-13(2,12(16)15(3)18-5)9-6-7-10(14)11(8-9)17-4/h6-8H,1-5H3. The Bertz CT molecular complexity index is 446. The van der Waals surface area contributed by atoms with E-state index in [1.54, 1.807) is 19.9 Å². The molecule has 0 saturated heterocycles. The first kappa shape index (κ1) is 14.4. The first-order chi connectivity index (χ1) is 8.34. The highest BCUT2D eigenvalue weighted by Crippen LogP contribution is 2.29. The lowest BCUT2D eigenvalue weighted by atomic mass is 9.83. The van der Waals surface area contributed by atoms with E-state index in [9.17, 15) is 9.18 Å². The zero-order valence-electron chi connectivity index (χ0n) is 11.3. The van der Waals surface area contributed by atoms with E-state index in [2.05, 4.69) is 0 Å². The monoisotopic (exact) mass is 255 g/mol. The molecule has 5 heteroatoms. The highest BCUT2D eigenvalue weighted by Gasteiger charge is 2.33. The number of rotatable bonds is 4. The Kier molecular flexibility index (Phi) is 4.29. The molecular formula is C13H18FNO3. The quantitative estimate of drug-likeness (QED) is 0.774. The molecule has 100 valence electrons. The Hall–Kier alpha value is -1.62. The van der Waals surface area contributed by atoms with Crippen LogP contribution in [0.1, 0.15) is 19.4 Å². The number of amides is 1. The number of benzene rings is 1. The molecular weight excluding hydrogens is 237 g/mol. The molecule has 1 amide bonds. The predicted molar refractivity (Wildman–Crippen MR) is 65.8 cm³/mol. The maximum absolute atomic E-state index is 13.3. The van der Waals surface area contributed by atoms with Crippen molar-refractivity contribution in [2.45, 2.75) is 19.3 Å². The Morgan fingerprint density at radius 1 is 1.33 bits per heavy atom. The molecule has 1 aromatic carbocycles. The minimum atomic E-state index is -0.828. The topological polar surface area (TPSA) is 38.8 Å². The van der Waals surface area contributed by atoms with Crippen LogP contribution >= 0.6 is 0 Å². The number of ether oxygens (including phenoxy) is 1. The van der Waals surface area contributed by atoms with Gasteiger partial charge in [-0.15, -0.1) is 0 Å². The minimum absolute atomic E-state index is 0.119. The molecule has 0 saturated carbocycles. The Balaban J connectivity index is 3.15. The van der Waals surface area contributed by atoms with E-state index in [1.807, 2.05) is 0 Å². The van der Waals surface area contributed by atoms with Crippen LogP contribution in [-0.4, -0.2) is 32.2 Å². The summed E-state index contributed by atoms with van der Waals surface area (Å²) < 4.78 is 18.3. The maximum atomic E-state index is 13.3. The summed E-state index contributed by atoms with van der Waals surface area (Å²) in [4.78, 5) is 17.0. The fraction of sp³-hybridized carbons (Fsp3) is 0.462. The smallest absolute Gasteiger partial charge is 0.255 e. The summed E-state index contributed by atoms with van der Waals surface area (Å²) in [5.41, 5.74) is -0.166. The molecule has 1 aromatic rings. The number of halogens is 1. The lowest BCUT2D eigenvalue weighted by Gasteiger charge is -2.28. The van der Waals surface area contributed by atoms with Gasteiger partial charge in [-0.2, -0.15) is 0 Å². The number of hydrogen-bond donors (Lipinski definition) is 0. The molecule has 0 bridgehead atoms. The Morgan fingerprint density at radius 3 is 2.44 bits per heavy atom. The summed E-state index contributed by atoms with van der Waals surface area (Å²) in [6, 6.07) is 4.38. The number of nitrogens with zero attached hydrogens (tertiary/aromatic N) is 1. The number of hydrogen-bond acceptors (Lipinski definition) is 3. The molecule has 0 atom stereocenters. The number of likely N-dealkylation sites (N-methyl/N-ethyl adjacent to an activating group) is 1. The third kappa shape index (κ3) is 2.61. The van der Waals surface area contributed by atoms with Crippen LogP contribution in [0.2, 0.25) is 0 Å². The average Bonchev–Trinajstić information content (AvgIpc) is 2.37. The first-order valence-corrected chi connectivity index (χ1v) is 5.51. The van der Waals surface area contributed by atoms with Crippen LogP contribution in [-0.2, 0) is 15.0 Å². The predicted octanol–water partition coefficient (Wildman–Crippen LogP) is 2.13. The van der Waals surface area contributed by atoms with Crippen LogP contribution in [0, 0.1) is 5.82 Å². The van der Waals surface area contributed by atoms with Crippen molar-refractivity contribution >= 4 is 5.91 Å². The van der Waals surface area contributed by atoms with Crippen molar-refractivity contribution in [1.29, 1.82) is 0 Å². The second-order valence-corrected chi connectivity index (χ2v) is 4.46. The second kappa shape index (κ2) is 5.35. The van der Waals surface area contributed by atoms with Gasteiger partial charge in [-0.1, -0.05) is 6.07 Å². The molecule has 0 aromatic heterocycles. The van der Waals surface area contributed by atoms with E-state index in [-0.39, 0.29) is 11.7 Å². The van der Waals surface area contributed by atoms with Crippen molar-refractivity contribution in [3.63, 3.8) is 0 Å². The molecule has 4 nitrogen and oxygen atoms in total. The van der Waals surface area contributed by atoms with Gasteiger partial charge in [-0.05, 0) is 31.5 Å². The minimum Gasteiger partial charge on any atom is -0.494 e. The molecule has 0 radical (unpaired) electrons. The molecule has 0 aliphatic carbocycles. The van der Waals surface area contributed by atoms with Crippen LogP contribution in [0.5, 0.6) is 5.75 Å². The SMILES string of the molecule is COc1cc(C(C)(C)C(=O)N(C)OC)ccc1F. The van der Waals surface area contributed by atoms with Crippen LogP contribution in [0.15, 0.2) is 18.2 Å². The number of methoxy groups -OCH3 is 1. The van der Waals surface area contributed by atoms with E-state index in [1.165, 1.54) is 33.4 Å². The molecule has 0 spiro atoms. The van der Waals surface area contributed by atoms with E-state index in [0.29, 0.717) is 5.56 Å². The normalized spacial score (nSPS) is 11.2. The fourth-order valence-corrected chi connectivity index (χ4v) is 1.65. The van der Waals surface area contributed by atoms with Crippen molar-refractivity contribution in [1.82, 2.24) is 5.06 Å².